The summed E-state index contributed by atoms with van der Waals surface area (Å²) in [7, 11) is 0. The van der Waals surface area contributed by atoms with Crippen molar-refractivity contribution in [3.05, 3.63) is 101 Å². The SMILES string of the molecule is O=C(NC(CCCCNC(=O)c1ccccc1S)c1ncc(-c2ccc3ccccc3c2)[nH]1)c1cncs1. The van der Waals surface area contributed by atoms with Gasteiger partial charge in [-0.15, -0.1) is 24.0 Å². The number of hydrogen-bond donors (Lipinski definition) is 4. The minimum absolute atomic E-state index is 0.142. The molecule has 2 amide bonds. The van der Waals surface area contributed by atoms with Crippen LogP contribution in [0.2, 0.25) is 0 Å². The van der Waals surface area contributed by atoms with E-state index in [1.807, 2.05) is 24.3 Å². The molecule has 192 valence electrons. The van der Waals surface area contributed by atoms with E-state index in [1.54, 1.807) is 30.0 Å². The van der Waals surface area contributed by atoms with Crippen LogP contribution in [0.1, 0.15) is 51.2 Å². The number of unbranched alkanes of at least 4 members (excludes halogenated alkanes) is 1. The molecule has 2 heterocycles. The molecule has 3 aromatic carbocycles. The second-order valence-corrected chi connectivity index (χ2v) is 10.3. The van der Waals surface area contributed by atoms with Crippen LogP contribution in [0.4, 0.5) is 0 Å². The molecule has 5 aromatic rings. The highest BCUT2D eigenvalue weighted by atomic mass is 32.1. The minimum Gasteiger partial charge on any atom is -0.352 e. The highest BCUT2D eigenvalue weighted by molar-refractivity contribution is 7.80. The summed E-state index contributed by atoms with van der Waals surface area (Å²) in [6.45, 7) is 0.525. The number of aromatic amines is 1. The van der Waals surface area contributed by atoms with Crippen LogP contribution in [0.5, 0.6) is 0 Å². The number of carbonyl (C=O) groups excluding carboxylic acids is 2. The molecule has 9 heteroatoms. The topological polar surface area (TPSA) is 99.8 Å². The molecular weight excluding hydrogens is 514 g/mol. The molecule has 1 atom stereocenters. The summed E-state index contributed by atoms with van der Waals surface area (Å²) < 4.78 is 0. The van der Waals surface area contributed by atoms with Gasteiger partial charge < -0.3 is 15.6 Å². The molecule has 0 bridgehead atoms. The number of thiol groups is 1. The largest absolute Gasteiger partial charge is 0.352 e. The Hall–Kier alpha value is -3.95. The van der Waals surface area contributed by atoms with Crippen molar-refractivity contribution in [3.63, 3.8) is 0 Å². The normalized spacial score (nSPS) is 11.8. The highest BCUT2D eigenvalue weighted by Gasteiger charge is 2.20. The maximum atomic E-state index is 12.8. The van der Waals surface area contributed by atoms with Crippen molar-refractivity contribution < 1.29 is 9.59 Å². The van der Waals surface area contributed by atoms with E-state index in [0.717, 1.165) is 29.5 Å². The van der Waals surface area contributed by atoms with Crippen molar-refractivity contribution in [1.82, 2.24) is 25.6 Å². The van der Waals surface area contributed by atoms with Crippen molar-refractivity contribution >= 4 is 46.6 Å². The van der Waals surface area contributed by atoms with Crippen LogP contribution in [0, 0.1) is 0 Å². The zero-order chi connectivity index (χ0) is 26.3. The lowest BCUT2D eigenvalue weighted by Gasteiger charge is -2.16. The van der Waals surface area contributed by atoms with E-state index in [2.05, 4.69) is 68.5 Å². The summed E-state index contributed by atoms with van der Waals surface area (Å²) in [4.78, 5) is 38.5. The lowest BCUT2D eigenvalue weighted by molar-refractivity contribution is 0.0935. The van der Waals surface area contributed by atoms with Gasteiger partial charge in [0.15, 0.2) is 0 Å². The first kappa shape index (κ1) is 25.7. The van der Waals surface area contributed by atoms with Gasteiger partial charge in [0.2, 0.25) is 0 Å². The lowest BCUT2D eigenvalue weighted by atomic mass is 10.1. The number of rotatable bonds is 10. The standard InChI is InChI=1S/C29H27N5O2S2/c35-28(22-9-3-4-11-25(22)37)31-14-6-5-10-23(34-29(36)26-17-30-18-38-26)27-32-16-24(33-27)21-13-12-19-7-1-2-8-20(19)15-21/h1-4,7-9,11-13,15-18,23,37H,5-6,10,14H2,(H,31,35)(H,32,33)(H,34,36). The van der Waals surface area contributed by atoms with Gasteiger partial charge in [0.1, 0.15) is 10.7 Å². The van der Waals surface area contributed by atoms with Crippen molar-refractivity contribution in [2.45, 2.75) is 30.2 Å². The molecule has 0 saturated heterocycles. The van der Waals surface area contributed by atoms with Crippen molar-refractivity contribution in [1.29, 1.82) is 0 Å². The first-order valence-electron chi connectivity index (χ1n) is 12.4. The number of nitrogens with one attached hydrogen (secondary N) is 3. The first-order chi connectivity index (χ1) is 18.6. The molecule has 0 aliphatic heterocycles. The second-order valence-electron chi connectivity index (χ2n) is 8.90. The van der Waals surface area contributed by atoms with Gasteiger partial charge >= 0.3 is 0 Å². The summed E-state index contributed by atoms with van der Waals surface area (Å²) in [5.41, 5.74) is 4.12. The smallest absolute Gasteiger partial charge is 0.263 e. The Morgan fingerprint density at radius 1 is 0.947 bits per heavy atom. The van der Waals surface area contributed by atoms with Gasteiger partial charge in [0.05, 0.1) is 35.2 Å². The Morgan fingerprint density at radius 3 is 2.58 bits per heavy atom. The van der Waals surface area contributed by atoms with Crippen LogP contribution < -0.4 is 10.6 Å². The number of fused-ring (bicyclic) bond motifs is 1. The number of carbonyl (C=O) groups is 2. The number of nitrogens with zero attached hydrogens (tertiary/aromatic N) is 2. The molecule has 0 fully saturated rings. The molecule has 38 heavy (non-hydrogen) atoms. The molecule has 0 spiro atoms. The number of H-pyrrole nitrogens is 1. The van der Waals surface area contributed by atoms with Gasteiger partial charge in [0, 0.05) is 17.0 Å². The fourth-order valence-electron chi connectivity index (χ4n) is 4.29. The number of benzene rings is 3. The van der Waals surface area contributed by atoms with E-state index < -0.39 is 0 Å². The minimum atomic E-state index is -0.312. The average molecular weight is 542 g/mol. The van der Waals surface area contributed by atoms with Crippen molar-refractivity contribution in [3.8, 4) is 11.3 Å². The van der Waals surface area contributed by atoms with Crippen molar-refractivity contribution in [2.24, 2.45) is 0 Å². The number of imidazole rings is 1. The summed E-state index contributed by atoms with van der Waals surface area (Å²) in [6, 6.07) is 21.4. The van der Waals surface area contributed by atoms with Crippen LogP contribution in [-0.4, -0.2) is 33.3 Å². The Bertz CT molecular complexity index is 1550. The molecule has 5 rings (SSSR count). The van der Waals surface area contributed by atoms with Crippen molar-refractivity contribution in [2.75, 3.05) is 6.54 Å². The summed E-state index contributed by atoms with van der Waals surface area (Å²) in [5, 5.41) is 8.38. The van der Waals surface area contributed by atoms with Crippen LogP contribution in [0.25, 0.3) is 22.0 Å². The van der Waals surface area contributed by atoms with Gasteiger partial charge in [-0.05, 0) is 48.2 Å². The van der Waals surface area contributed by atoms with Crippen LogP contribution in [-0.2, 0) is 0 Å². The average Bonchev–Trinajstić information content (AvgIpc) is 3.65. The maximum absolute atomic E-state index is 12.8. The Kier molecular flexibility index (Phi) is 8.15. The van der Waals surface area contributed by atoms with E-state index in [-0.39, 0.29) is 17.9 Å². The fraction of sp³-hybridized carbons (Fsp3) is 0.172. The van der Waals surface area contributed by atoms with Gasteiger partial charge in [-0.1, -0.05) is 48.5 Å². The predicted molar refractivity (Wildman–Crippen MR) is 154 cm³/mol. The summed E-state index contributed by atoms with van der Waals surface area (Å²) in [6.07, 6.45) is 5.57. The third kappa shape index (κ3) is 6.12. The summed E-state index contributed by atoms with van der Waals surface area (Å²) in [5.74, 6) is 0.371. The monoisotopic (exact) mass is 541 g/mol. The molecule has 0 saturated carbocycles. The molecule has 0 aliphatic rings. The molecule has 1 unspecified atom stereocenters. The maximum Gasteiger partial charge on any atom is 0.263 e. The highest BCUT2D eigenvalue weighted by Crippen LogP contribution is 2.26. The Balaban J connectivity index is 1.25. The van der Waals surface area contributed by atoms with Gasteiger partial charge in [-0.2, -0.15) is 0 Å². The molecule has 7 nitrogen and oxygen atoms in total. The predicted octanol–water partition coefficient (Wildman–Crippen LogP) is 6.05. The number of aromatic nitrogens is 3. The third-order valence-corrected chi connectivity index (χ3v) is 7.46. The van der Waals surface area contributed by atoms with Crippen LogP contribution >= 0.6 is 24.0 Å². The van der Waals surface area contributed by atoms with Crippen LogP contribution in [0.3, 0.4) is 0 Å². The zero-order valence-corrected chi connectivity index (χ0v) is 22.3. The molecular formula is C29H27N5O2S2. The summed E-state index contributed by atoms with van der Waals surface area (Å²) >= 11 is 5.65. The number of amides is 2. The fourth-order valence-corrected chi connectivity index (χ4v) is 5.07. The van der Waals surface area contributed by atoms with E-state index in [4.69, 9.17) is 0 Å². The second kappa shape index (κ2) is 12.1. The molecule has 3 N–H and O–H groups in total. The van der Waals surface area contributed by atoms with Gasteiger partial charge in [-0.25, -0.2) is 4.98 Å². The van der Waals surface area contributed by atoms with E-state index in [9.17, 15) is 9.59 Å². The number of hydrogen-bond acceptors (Lipinski definition) is 6. The quantitative estimate of drug-likeness (QED) is 0.128. The molecule has 0 radical (unpaired) electrons. The zero-order valence-electron chi connectivity index (χ0n) is 20.6. The van der Waals surface area contributed by atoms with Crippen LogP contribution in [0.15, 0.2) is 89.5 Å². The van der Waals surface area contributed by atoms with E-state index >= 15 is 0 Å². The Morgan fingerprint density at radius 2 is 1.76 bits per heavy atom. The number of thiazole rings is 1. The lowest BCUT2D eigenvalue weighted by Crippen LogP contribution is -2.29. The van der Waals surface area contributed by atoms with E-state index in [0.29, 0.717) is 34.1 Å². The third-order valence-electron chi connectivity index (χ3n) is 6.30. The first-order valence-corrected chi connectivity index (χ1v) is 13.7. The molecule has 0 aliphatic carbocycles. The van der Waals surface area contributed by atoms with Gasteiger partial charge in [0.25, 0.3) is 11.8 Å². The Labute approximate surface area is 230 Å². The van der Waals surface area contributed by atoms with Gasteiger partial charge in [-0.3, -0.25) is 14.6 Å². The molecule has 2 aromatic heterocycles. The van der Waals surface area contributed by atoms with E-state index in [1.165, 1.54) is 16.7 Å².